The molecule has 2 aromatic carbocycles. The lowest BCUT2D eigenvalue weighted by atomic mass is 10.1. The molecule has 0 heterocycles. The quantitative estimate of drug-likeness (QED) is 0.895. The van der Waals surface area contributed by atoms with Crippen LogP contribution in [0.3, 0.4) is 0 Å². The van der Waals surface area contributed by atoms with Gasteiger partial charge in [-0.1, -0.05) is 30.3 Å². The van der Waals surface area contributed by atoms with Crippen molar-refractivity contribution in [2.24, 2.45) is 0 Å². The third kappa shape index (κ3) is 3.47. The number of rotatable bonds is 5. The lowest BCUT2D eigenvalue weighted by Crippen LogP contribution is -2.14. The van der Waals surface area contributed by atoms with Crippen molar-refractivity contribution in [2.75, 3.05) is 0 Å². The van der Waals surface area contributed by atoms with E-state index in [1.807, 2.05) is 43.3 Å². The second-order valence-corrected chi connectivity index (χ2v) is 5.25. The highest BCUT2D eigenvalue weighted by Crippen LogP contribution is 2.33. The molecule has 2 rings (SSSR count). The van der Waals surface area contributed by atoms with E-state index in [2.05, 4.69) is 15.9 Å². The zero-order valence-electron chi connectivity index (χ0n) is 10.6. The van der Waals surface area contributed by atoms with Crippen LogP contribution in [0.15, 0.2) is 40.9 Å². The number of hydrogen-bond donors (Lipinski definition) is 1. The molecule has 3 nitrogen and oxygen atoms in total. The lowest BCUT2D eigenvalue weighted by molar-refractivity contribution is -0.137. The number of benzene rings is 2. The Kier molecular flexibility index (Phi) is 4.43. The molecule has 0 saturated carbocycles. The molecular formula is C15H15BrO3. The number of carboxylic acids is 1. The molecule has 4 heteroatoms. The van der Waals surface area contributed by atoms with Gasteiger partial charge < -0.3 is 9.84 Å². The number of carbonyl (C=O) groups is 1. The van der Waals surface area contributed by atoms with Crippen LogP contribution in [0.2, 0.25) is 0 Å². The number of hydrogen-bond acceptors (Lipinski definition) is 2. The van der Waals surface area contributed by atoms with Crippen LogP contribution < -0.4 is 4.74 Å². The molecule has 0 aliphatic rings. The fraction of sp³-hybridized carbons (Fsp3) is 0.267. The molecule has 1 atom stereocenters. The van der Waals surface area contributed by atoms with Crippen molar-refractivity contribution in [1.82, 2.24) is 0 Å². The van der Waals surface area contributed by atoms with E-state index in [4.69, 9.17) is 9.84 Å². The Labute approximate surface area is 120 Å². The highest BCUT2D eigenvalue weighted by molar-refractivity contribution is 9.10. The molecule has 0 bridgehead atoms. The lowest BCUT2D eigenvalue weighted by Gasteiger charge is -2.16. The van der Waals surface area contributed by atoms with Crippen LogP contribution in [-0.4, -0.2) is 17.2 Å². The maximum absolute atomic E-state index is 10.5. The molecule has 0 fully saturated rings. The molecule has 0 radical (unpaired) electrons. The van der Waals surface area contributed by atoms with Crippen LogP contribution in [0, 0.1) is 0 Å². The molecule has 19 heavy (non-hydrogen) atoms. The van der Waals surface area contributed by atoms with E-state index in [-0.39, 0.29) is 12.5 Å². The first-order valence-electron chi connectivity index (χ1n) is 6.13. The second-order valence-electron chi connectivity index (χ2n) is 4.46. The van der Waals surface area contributed by atoms with Crippen molar-refractivity contribution < 1.29 is 14.6 Å². The second kappa shape index (κ2) is 6.06. The summed E-state index contributed by atoms with van der Waals surface area (Å²) in [6.45, 7) is 1.88. The summed E-state index contributed by atoms with van der Waals surface area (Å²) < 4.78 is 6.70. The molecule has 0 aliphatic heterocycles. The average Bonchev–Trinajstić information content (AvgIpc) is 2.40. The largest absolute Gasteiger partial charge is 0.490 e. The first-order chi connectivity index (χ1) is 9.08. The Hall–Kier alpha value is -1.55. The highest BCUT2D eigenvalue weighted by atomic mass is 79.9. The van der Waals surface area contributed by atoms with Crippen LogP contribution in [0.5, 0.6) is 5.75 Å². The minimum absolute atomic E-state index is 0.117. The van der Waals surface area contributed by atoms with Gasteiger partial charge >= 0.3 is 5.97 Å². The Morgan fingerprint density at radius 3 is 2.79 bits per heavy atom. The van der Waals surface area contributed by atoms with Gasteiger partial charge in [0, 0.05) is 6.42 Å². The van der Waals surface area contributed by atoms with Gasteiger partial charge in [-0.05, 0) is 46.1 Å². The zero-order chi connectivity index (χ0) is 13.8. The third-order valence-electron chi connectivity index (χ3n) is 2.92. The smallest absolute Gasteiger partial charge is 0.303 e. The maximum atomic E-state index is 10.5. The predicted octanol–water partition coefficient (Wildman–Crippen LogP) is 4.23. The zero-order valence-corrected chi connectivity index (χ0v) is 12.2. The number of carboxylic acid groups (broad SMARTS) is 1. The summed E-state index contributed by atoms with van der Waals surface area (Å²) in [5.74, 6) is -0.0513. The molecular weight excluding hydrogens is 308 g/mol. The van der Waals surface area contributed by atoms with Gasteiger partial charge in [-0.2, -0.15) is 0 Å². The SMILES string of the molecule is CC(CCC(=O)O)Oc1ccc2ccccc2c1Br. The monoisotopic (exact) mass is 322 g/mol. The minimum Gasteiger partial charge on any atom is -0.490 e. The standard InChI is InChI=1S/C15H15BrO3/c1-10(6-9-14(17)18)19-13-8-7-11-4-2-3-5-12(11)15(13)16/h2-5,7-8,10H,6,9H2,1H3,(H,17,18). The van der Waals surface area contributed by atoms with Gasteiger partial charge in [0.25, 0.3) is 0 Å². The van der Waals surface area contributed by atoms with Gasteiger partial charge in [-0.25, -0.2) is 0 Å². The molecule has 0 aromatic heterocycles. The van der Waals surface area contributed by atoms with E-state index in [9.17, 15) is 4.79 Å². The first-order valence-corrected chi connectivity index (χ1v) is 6.93. The first kappa shape index (κ1) is 13.9. The fourth-order valence-electron chi connectivity index (χ4n) is 1.91. The Bertz CT molecular complexity index is 595. The number of fused-ring (bicyclic) bond motifs is 1. The van der Waals surface area contributed by atoms with Gasteiger partial charge in [0.2, 0.25) is 0 Å². The van der Waals surface area contributed by atoms with Crippen molar-refractivity contribution in [3.05, 3.63) is 40.9 Å². The predicted molar refractivity (Wildman–Crippen MR) is 78.6 cm³/mol. The molecule has 0 aliphatic carbocycles. The van der Waals surface area contributed by atoms with Crippen LogP contribution in [0.25, 0.3) is 10.8 Å². The summed E-state index contributed by atoms with van der Waals surface area (Å²) in [5, 5.41) is 10.9. The van der Waals surface area contributed by atoms with Crippen LogP contribution in [0.4, 0.5) is 0 Å². The van der Waals surface area contributed by atoms with E-state index in [0.29, 0.717) is 6.42 Å². The molecule has 0 amide bonds. The molecule has 1 N–H and O–H groups in total. The molecule has 100 valence electrons. The maximum Gasteiger partial charge on any atom is 0.303 e. The van der Waals surface area contributed by atoms with Crippen molar-refractivity contribution >= 4 is 32.7 Å². The topological polar surface area (TPSA) is 46.5 Å². The van der Waals surface area contributed by atoms with Crippen molar-refractivity contribution in [3.63, 3.8) is 0 Å². The third-order valence-corrected chi connectivity index (χ3v) is 3.74. The van der Waals surface area contributed by atoms with Gasteiger partial charge in [-0.3, -0.25) is 4.79 Å². The van der Waals surface area contributed by atoms with Crippen molar-refractivity contribution in [2.45, 2.75) is 25.9 Å². The van der Waals surface area contributed by atoms with Crippen LogP contribution in [-0.2, 0) is 4.79 Å². The molecule has 1 unspecified atom stereocenters. The number of halogens is 1. The fourth-order valence-corrected chi connectivity index (χ4v) is 2.49. The summed E-state index contributed by atoms with van der Waals surface area (Å²) in [4.78, 5) is 10.5. The van der Waals surface area contributed by atoms with E-state index < -0.39 is 5.97 Å². The molecule has 0 spiro atoms. The number of ether oxygens (including phenoxy) is 1. The Morgan fingerprint density at radius 1 is 1.32 bits per heavy atom. The molecule has 2 aromatic rings. The van der Waals surface area contributed by atoms with Crippen molar-refractivity contribution in [3.8, 4) is 5.75 Å². The molecule has 0 saturated heterocycles. The number of aliphatic carboxylic acids is 1. The van der Waals surface area contributed by atoms with E-state index >= 15 is 0 Å². The summed E-state index contributed by atoms with van der Waals surface area (Å²) >= 11 is 3.55. The Balaban J connectivity index is 2.16. The van der Waals surface area contributed by atoms with E-state index in [1.54, 1.807) is 0 Å². The van der Waals surface area contributed by atoms with Gasteiger partial charge in [0.1, 0.15) is 5.75 Å². The Morgan fingerprint density at radius 2 is 2.05 bits per heavy atom. The minimum atomic E-state index is -0.798. The van der Waals surface area contributed by atoms with E-state index in [0.717, 1.165) is 21.0 Å². The summed E-state index contributed by atoms with van der Waals surface area (Å²) in [6.07, 6.45) is 0.481. The summed E-state index contributed by atoms with van der Waals surface area (Å²) in [5.41, 5.74) is 0. The normalized spacial score (nSPS) is 12.3. The summed E-state index contributed by atoms with van der Waals surface area (Å²) in [7, 11) is 0. The van der Waals surface area contributed by atoms with Gasteiger partial charge in [-0.15, -0.1) is 0 Å². The van der Waals surface area contributed by atoms with Crippen LogP contribution >= 0.6 is 15.9 Å². The van der Waals surface area contributed by atoms with Crippen molar-refractivity contribution in [1.29, 1.82) is 0 Å². The summed E-state index contributed by atoms with van der Waals surface area (Å²) in [6, 6.07) is 11.9. The van der Waals surface area contributed by atoms with E-state index in [1.165, 1.54) is 0 Å². The average molecular weight is 323 g/mol. The van der Waals surface area contributed by atoms with Gasteiger partial charge in [0.05, 0.1) is 10.6 Å². The van der Waals surface area contributed by atoms with Crippen LogP contribution in [0.1, 0.15) is 19.8 Å². The van der Waals surface area contributed by atoms with Gasteiger partial charge in [0.15, 0.2) is 0 Å². The highest BCUT2D eigenvalue weighted by Gasteiger charge is 2.11.